The van der Waals surface area contributed by atoms with Gasteiger partial charge < -0.3 is 4.70 Å². The molecule has 0 aromatic heterocycles. The molecule has 0 fully saturated rings. The smallest absolute Gasteiger partial charge is 0.0560 e. The topological polar surface area (TPSA) is 0 Å². The number of halogens is 1. The van der Waals surface area contributed by atoms with Crippen molar-refractivity contribution in [3.8, 4) is 0 Å². The molecule has 52 valence electrons. The Kier molecular flexibility index (Phi) is 5.96. The van der Waals surface area contributed by atoms with Gasteiger partial charge in [0.05, 0.1) is 12.3 Å². The fourth-order valence-electron chi connectivity index (χ4n) is 0.224. The molecule has 0 N–H and O–H groups in total. The Labute approximate surface area is 52.4 Å². The zero-order valence-electron chi connectivity index (χ0n) is 6.24. The Balaban J connectivity index is 0. The lowest BCUT2D eigenvalue weighted by Gasteiger charge is -2.11. The quantitative estimate of drug-likeness (QED) is 0.443. The summed E-state index contributed by atoms with van der Waals surface area (Å²) in [6.45, 7) is 9.40. The lowest BCUT2D eigenvalue weighted by molar-refractivity contribution is -0.00000184. The van der Waals surface area contributed by atoms with Crippen molar-refractivity contribution in [2.45, 2.75) is 13.8 Å². The predicted molar refractivity (Wildman–Crippen MR) is 39.9 cm³/mol. The Hall–Kier alpha value is 0.360. The summed E-state index contributed by atoms with van der Waals surface area (Å²) in [6, 6.07) is 0. The second-order valence-electron chi connectivity index (χ2n) is 2.57. The van der Waals surface area contributed by atoms with Gasteiger partial charge in [0.15, 0.2) is 0 Å². The molecular formula is C6H16FP. The summed E-state index contributed by atoms with van der Waals surface area (Å²) in [6.07, 6.45) is 2.81. The Bertz CT molecular complexity index is 46.5. The van der Waals surface area contributed by atoms with Gasteiger partial charge in [0.25, 0.3) is 0 Å². The first-order chi connectivity index (χ1) is 3.12. The molecule has 0 bridgehead atoms. The van der Waals surface area contributed by atoms with Gasteiger partial charge in [0.2, 0.25) is 0 Å². The minimum atomic E-state index is -0.404. The van der Waals surface area contributed by atoms with E-state index in [2.05, 4.69) is 27.2 Å². The van der Waals surface area contributed by atoms with Crippen LogP contribution in [0, 0.1) is 0 Å². The van der Waals surface area contributed by atoms with E-state index >= 15 is 0 Å². The highest BCUT2D eigenvalue weighted by Gasteiger charge is 2.17. The molecular weight excluding hydrogens is 122 g/mol. The summed E-state index contributed by atoms with van der Waals surface area (Å²) in [5.41, 5.74) is 0. The fraction of sp³-hybridized carbons (Fsp3) is 1.00. The second kappa shape index (κ2) is 4.26. The van der Waals surface area contributed by atoms with Crippen molar-refractivity contribution < 1.29 is 4.70 Å². The highest BCUT2D eigenvalue weighted by molar-refractivity contribution is 7.74. The van der Waals surface area contributed by atoms with E-state index in [4.69, 9.17) is 0 Å². The first-order valence-corrected chi connectivity index (χ1v) is 5.99. The molecule has 0 aliphatic rings. The van der Waals surface area contributed by atoms with E-state index in [1.165, 1.54) is 12.3 Å². The molecule has 2 heteroatoms. The molecule has 0 aromatic rings. The summed E-state index contributed by atoms with van der Waals surface area (Å²) in [7, 11) is -0.404. The van der Waals surface area contributed by atoms with Crippen LogP contribution in [0.4, 0.5) is 0 Å². The molecule has 0 spiro atoms. The van der Waals surface area contributed by atoms with Gasteiger partial charge in [-0.1, -0.05) is 0 Å². The van der Waals surface area contributed by atoms with Crippen molar-refractivity contribution in [1.29, 1.82) is 0 Å². The first kappa shape index (κ1) is 11.2. The standard InChI is InChI=1S/C6H16P.FH/c1-5-7(3,4)6-2;/h5-6H2,1-4H3;1H/q+1;/p-1. The van der Waals surface area contributed by atoms with Crippen molar-refractivity contribution in [2.75, 3.05) is 25.7 Å². The fourth-order valence-corrected chi connectivity index (χ4v) is 0.671. The van der Waals surface area contributed by atoms with Gasteiger partial charge in [-0.3, -0.25) is 0 Å². The molecule has 0 rings (SSSR count). The van der Waals surface area contributed by atoms with Crippen LogP contribution in [-0.2, 0) is 0 Å². The largest absolute Gasteiger partial charge is 1.00 e. The predicted octanol–water partition coefficient (Wildman–Crippen LogP) is -0.693. The molecule has 0 radical (unpaired) electrons. The van der Waals surface area contributed by atoms with Gasteiger partial charge in [-0.15, -0.1) is 0 Å². The molecule has 0 amide bonds. The SMILES string of the molecule is CC[P+](C)(C)CC.[F-]. The number of rotatable bonds is 2. The maximum atomic E-state index is 2.41. The van der Waals surface area contributed by atoms with Gasteiger partial charge in [-0.25, -0.2) is 0 Å². The van der Waals surface area contributed by atoms with E-state index in [0.29, 0.717) is 0 Å². The molecule has 0 saturated carbocycles. The van der Waals surface area contributed by atoms with Gasteiger partial charge in [0.1, 0.15) is 0 Å². The third-order valence-corrected chi connectivity index (χ3v) is 5.14. The highest BCUT2D eigenvalue weighted by Crippen LogP contribution is 2.49. The summed E-state index contributed by atoms with van der Waals surface area (Å²) in [4.78, 5) is 0. The average Bonchev–Trinajstić information content (AvgIpc) is 1.68. The molecule has 0 aromatic carbocycles. The highest BCUT2D eigenvalue weighted by atomic mass is 31.2. The summed E-state index contributed by atoms with van der Waals surface area (Å²) in [5.74, 6) is 0. The van der Waals surface area contributed by atoms with Crippen LogP contribution in [0.1, 0.15) is 13.8 Å². The molecule has 0 aliphatic carbocycles. The van der Waals surface area contributed by atoms with Crippen LogP contribution >= 0.6 is 7.26 Å². The van der Waals surface area contributed by atoms with E-state index in [-0.39, 0.29) is 4.70 Å². The summed E-state index contributed by atoms with van der Waals surface area (Å²) >= 11 is 0. The molecule has 0 unspecified atom stereocenters. The van der Waals surface area contributed by atoms with Gasteiger partial charge in [-0.2, -0.15) is 0 Å². The Morgan fingerprint density at radius 2 is 1.25 bits per heavy atom. The van der Waals surface area contributed by atoms with Crippen LogP contribution in [0.25, 0.3) is 0 Å². The Morgan fingerprint density at radius 3 is 1.25 bits per heavy atom. The third kappa shape index (κ3) is 4.52. The van der Waals surface area contributed by atoms with Crippen molar-refractivity contribution in [2.24, 2.45) is 0 Å². The lowest BCUT2D eigenvalue weighted by atomic mass is 11.0. The first-order valence-electron chi connectivity index (χ1n) is 2.94. The molecule has 0 aliphatic heterocycles. The summed E-state index contributed by atoms with van der Waals surface area (Å²) in [5, 5.41) is 0. The Morgan fingerprint density at radius 1 is 1.00 bits per heavy atom. The van der Waals surface area contributed by atoms with E-state index in [1.807, 2.05) is 0 Å². The molecule has 0 heterocycles. The maximum Gasteiger partial charge on any atom is 0.0560 e. The van der Waals surface area contributed by atoms with Crippen LogP contribution in [0.5, 0.6) is 0 Å². The van der Waals surface area contributed by atoms with Crippen LogP contribution in [-0.4, -0.2) is 25.7 Å². The molecule has 0 saturated heterocycles. The van der Waals surface area contributed by atoms with Crippen LogP contribution in [0.15, 0.2) is 0 Å². The number of hydrogen-bond donors (Lipinski definition) is 0. The molecule has 0 nitrogen and oxygen atoms in total. The normalized spacial score (nSPS) is 10.5. The third-order valence-electron chi connectivity index (χ3n) is 1.71. The molecule has 8 heavy (non-hydrogen) atoms. The van der Waals surface area contributed by atoms with Gasteiger partial charge in [-0.05, 0) is 13.8 Å². The van der Waals surface area contributed by atoms with Crippen molar-refractivity contribution in [1.82, 2.24) is 0 Å². The maximum absolute atomic E-state index is 2.41. The zero-order chi connectivity index (χ0) is 5.91. The molecule has 0 atom stereocenters. The lowest BCUT2D eigenvalue weighted by Crippen LogP contribution is -3.00. The van der Waals surface area contributed by atoms with E-state index < -0.39 is 7.26 Å². The summed E-state index contributed by atoms with van der Waals surface area (Å²) < 4.78 is 0. The van der Waals surface area contributed by atoms with E-state index in [1.54, 1.807) is 0 Å². The van der Waals surface area contributed by atoms with Crippen molar-refractivity contribution >= 4 is 7.26 Å². The minimum Gasteiger partial charge on any atom is -1.00 e. The van der Waals surface area contributed by atoms with Crippen molar-refractivity contribution in [3.63, 3.8) is 0 Å². The number of hydrogen-bond acceptors (Lipinski definition) is 0. The zero-order valence-corrected chi connectivity index (χ0v) is 7.13. The van der Waals surface area contributed by atoms with E-state index in [0.717, 1.165) is 0 Å². The monoisotopic (exact) mass is 138 g/mol. The van der Waals surface area contributed by atoms with E-state index in [9.17, 15) is 0 Å². The second-order valence-corrected chi connectivity index (χ2v) is 7.70. The average molecular weight is 138 g/mol. The van der Waals surface area contributed by atoms with Gasteiger partial charge >= 0.3 is 0 Å². The van der Waals surface area contributed by atoms with Crippen molar-refractivity contribution in [3.05, 3.63) is 0 Å². The minimum absolute atomic E-state index is 0. The van der Waals surface area contributed by atoms with Crippen LogP contribution in [0.2, 0.25) is 0 Å². The van der Waals surface area contributed by atoms with Crippen LogP contribution < -0.4 is 4.70 Å². The van der Waals surface area contributed by atoms with Gasteiger partial charge in [0, 0.05) is 20.6 Å². The van der Waals surface area contributed by atoms with Crippen LogP contribution in [0.3, 0.4) is 0 Å².